The molecule has 2 rings (SSSR count). The number of ether oxygens (including phenoxy) is 1. The van der Waals surface area contributed by atoms with Gasteiger partial charge < -0.3 is 10.5 Å². The monoisotopic (exact) mass is 244 g/mol. The number of aromatic nitrogens is 2. The number of nitrogen functional groups attached to an aromatic ring is 1. The van der Waals surface area contributed by atoms with Crippen LogP contribution in [0.1, 0.15) is 10.4 Å². The molecular formula is C12H12N4O2. The third-order valence-electron chi connectivity index (χ3n) is 2.22. The fraction of sp³-hybridized carbons (Fsp3) is 0.0833. The van der Waals surface area contributed by atoms with Gasteiger partial charge in [0.15, 0.2) is 0 Å². The van der Waals surface area contributed by atoms with Crippen LogP contribution >= 0.6 is 0 Å². The van der Waals surface area contributed by atoms with Crippen molar-refractivity contribution in [1.82, 2.24) is 9.97 Å². The second-order valence-corrected chi connectivity index (χ2v) is 3.52. The number of nitrogens with two attached hydrogens (primary N) is 1. The maximum Gasteiger partial charge on any atom is 0.258 e. The Kier molecular flexibility index (Phi) is 3.38. The van der Waals surface area contributed by atoms with E-state index in [9.17, 15) is 4.79 Å². The van der Waals surface area contributed by atoms with Crippen molar-refractivity contribution in [3.63, 3.8) is 0 Å². The van der Waals surface area contributed by atoms with Gasteiger partial charge in [-0.2, -0.15) is 0 Å². The number of carbonyl (C=O) groups is 1. The number of hydrogen-bond donors (Lipinski definition) is 2. The van der Waals surface area contributed by atoms with Crippen LogP contribution in [0.5, 0.6) is 5.75 Å². The van der Waals surface area contributed by atoms with E-state index in [2.05, 4.69) is 15.3 Å². The van der Waals surface area contributed by atoms with E-state index in [1.54, 1.807) is 36.7 Å². The minimum Gasteiger partial charge on any atom is -0.497 e. The Morgan fingerprint density at radius 1 is 1.28 bits per heavy atom. The summed E-state index contributed by atoms with van der Waals surface area (Å²) in [5.41, 5.74) is 6.52. The molecule has 2 aromatic rings. The molecule has 0 bridgehead atoms. The number of benzene rings is 1. The number of methoxy groups -OCH3 is 1. The first-order valence-corrected chi connectivity index (χ1v) is 5.22. The van der Waals surface area contributed by atoms with Crippen LogP contribution in [0.2, 0.25) is 0 Å². The predicted octanol–water partition coefficient (Wildman–Crippen LogP) is 1.32. The number of rotatable bonds is 3. The fourth-order valence-corrected chi connectivity index (χ4v) is 1.41. The molecule has 0 radical (unpaired) electrons. The van der Waals surface area contributed by atoms with Crippen LogP contribution in [0.4, 0.5) is 11.6 Å². The maximum atomic E-state index is 11.9. The molecule has 18 heavy (non-hydrogen) atoms. The number of hydrogen-bond acceptors (Lipinski definition) is 5. The molecule has 1 aromatic carbocycles. The highest BCUT2D eigenvalue weighted by molar-refractivity contribution is 6.04. The van der Waals surface area contributed by atoms with E-state index in [-0.39, 0.29) is 11.9 Å². The average Bonchev–Trinajstić information content (AvgIpc) is 2.39. The maximum absolute atomic E-state index is 11.9. The average molecular weight is 244 g/mol. The minimum absolute atomic E-state index is 0.240. The highest BCUT2D eigenvalue weighted by atomic mass is 16.5. The standard InChI is InChI=1S/C12H12N4O2/c1-18-10-6-8(5-9(13)7-10)11(17)16-12-14-3-2-4-15-12/h2-7H,13H2,1H3,(H,14,15,16,17). The third-order valence-corrected chi connectivity index (χ3v) is 2.22. The second-order valence-electron chi connectivity index (χ2n) is 3.52. The summed E-state index contributed by atoms with van der Waals surface area (Å²) < 4.78 is 5.04. The van der Waals surface area contributed by atoms with Crippen LogP contribution in [0.25, 0.3) is 0 Å². The van der Waals surface area contributed by atoms with Crippen LogP contribution in [0, 0.1) is 0 Å². The van der Waals surface area contributed by atoms with Gasteiger partial charge in [-0.3, -0.25) is 10.1 Å². The Bertz CT molecular complexity index is 557. The molecule has 0 saturated heterocycles. The van der Waals surface area contributed by atoms with E-state index in [4.69, 9.17) is 10.5 Å². The second kappa shape index (κ2) is 5.13. The summed E-state index contributed by atoms with van der Waals surface area (Å²) in [5, 5.41) is 2.56. The summed E-state index contributed by atoms with van der Waals surface area (Å²) in [5.74, 6) is 0.421. The van der Waals surface area contributed by atoms with E-state index in [1.165, 1.54) is 7.11 Å². The van der Waals surface area contributed by atoms with Crippen molar-refractivity contribution in [1.29, 1.82) is 0 Å². The molecule has 92 valence electrons. The largest absolute Gasteiger partial charge is 0.497 e. The molecule has 0 aliphatic rings. The van der Waals surface area contributed by atoms with Crippen molar-refractivity contribution < 1.29 is 9.53 Å². The van der Waals surface area contributed by atoms with Gasteiger partial charge in [0.1, 0.15) is 5.75 Å². The Labute approximate surface area is 104 Å². The summed E-state index contributed by atoms with van der Waals surface area (Å²) >= 11 is 0. The van der Waals surface area contributed by atoms with Crippen molar-refractivity contribution in [3.8, 4) is 5.75 Å². The van der Waals surface area contributed by atoms with Gasteiger partial charge in [-0.15, -0.1) is 0 Å². The van der Waals surface area contributed by atoms with Gasteiger partial charge >= 0.3 is 0 Å². The highest BCUT2D eigenvalue weighted by Gasteiger charge is 2.09. The van der Waals surface area contributed by atoms with Crippen LogP contribution in [-0.4, -0.2) is 23.0 Å². The molecule has 0 saturated carbocycles. The lowest BCUT2D eigenvalue weighted by atomic mass is 10.2. The number of nitrogens with one attached hydrogen (secondary N) is 1. The van der Waals surface area contributed by atoms with Gasteiger partial charge in [-0.1, -0.05) is 0 Å². The zero-order valence-corrected chi connectivity index (χ0v) is 9.75. The van der Waals surface area contributed by atoms with E-state index < -0.39 is 0 Å². The minimum atomic E-state index is -0.341. The van der Waals surface area contributed by atoms with Crippen molar-refractivity contribution in [2.75, 3.05) is 18.2 Å². The molecule has 1 heterocycles. The molecule has 1 aromatic heterocycles. The highest BCUT2D eigenvalue weighted by Crippen LogP contribution is 2.18. The number of carbonyl (C=O) groups excluding carboxylic acids is 1. The third kappa shape index (κ3) is 2.73. The van der Waals surface area contributed by atoms with Gasteiger partial charge in [0.2, 0.25) is 5.95 Å². The van der Waals surface area contributed by atoms with Crippen LogP contribution in [0.3, 0.4) is 0 Å². The first kappa shape index (κ1) is 11.8. The van der Waals surface area contributed by atoms with Crippen molar-refractivity contribution >= 4 is 17.5 Å². The molecule has 0 aliphatic carbocycles. The van der Waals surface area contributed by atoms with E-state index in [0.717, 1.165) is 0 Å². The van der Waals surface area contributed by atoms with E-state index >= 15 is 0 Å². The quantitative estimate of drug-likeness (QED) is 0.795. The van der Waals surface area contributed by atoms with Gasteiger partial charge in [-0.05, 0) is 18.2 Å². The van der Waals surface area contributed by atoms with Crippen LogP contribution in [0.15, 0.2) is 36.7 Å². The molecule has 0 fully saturated rings. The molecule has 0 atom stereocenters. The lowest BCUT2D eigenvalue weighted by molar-refractivity contribution is 0.102. The zero-order chi connectivity index (χ0) is 13.0. The van der Waals surface area contributed by atoms with Gasteiger partial charge in [-0.25, -0.2) is 9.97 Å². The summed E-state index contributed by atoms with van der Waals surface area (Å²) in [7, 11) is 1.51. The Balaban J connectivity index is 2.21. The molecular weight excluding hydrogens is 232 g/mol. The van der Waals surface area contributed by atoms with Gasteiger partial charge in [0.05, 0.1) is 7.11 Å². The molecule has 0 unspecified atom stereocenters. The molecule has 3 N–H and O–H groups in total. The topological polar surface area (TPSA) is 90.1 Å². The first-order valence-electron chi connectivity index (χ1n) is 5.22. The molecule has 1 amide bonds. The predicted molar refractivity (Wildman–Crippen MR) is 67.4 cm³/mol. The summed E-state index contributed by atoms with van der Waals surface area (Å²) in [4.78, 5) is 19.7. The molecule has 6 nitrogen and oxygen atoms in total. The summed E-state index contributed by atoms with van der Waals surface area (Å²) in [6.07, 6.45) is 3.09. The van der Waals surface area contributed by atoms with Crippen LogP contribution in [-0.2, 0) is 0 Å². The van der Waals surface area contributed by atoms with E-state index in [1.807, 2.05) is 0 Å². The number of amides is 1. The molecule has 0 aliphatic heterocycles. The molecule has 0 spiro atoms. The normalized spacial score (nSPS) is 9.83. The Morgan fingerprint density at radius 3 is 2.67 bits per heavy atom. The lowest BCUT2D eigenvalue weighted by Gasteiger charge is -2.06. The van der Waals surface area contributed by atoms with Crippen molar-refractivity contribution in [2.45, 2.75) is 0 Å². The number of nitrogens with zero attached hydrogens (tertiary/aromatic N) is 2. The van der Waals surface area contributed by atoms with Crippen LogP contribution < -0.4 is 15.8 Å². The Morgan fingerprint density at radius 2 is 2.00 bits per heavy atom. The molecule has 6 heteroatoms. The van der Waals surface area contributed by atoms with Crippen molar-refractivity contribution in [2.24, 2.45) is 0 Å². The smallest absolute Gasteiger partial charge is 0.258 e. The lowest BCUT2D eigenvalue weighted by Crippen LogP contribution is -2.14. The SMILES string of the molecule is COc1cc(N)cc(C(=O)Nc2ncccn2)c1. The summed E-state index contributed by atoms with van der Waals surface area (Å²) in [6.45, 7) is 0. The zero-order valence-electron chi connectivity index (χ0n) is 9.75. The van der Waals surface area contributed by atoms with E-state index in [0.29, 0.717) is 17.0 Å². The fourth-order valence-electron chi connectivity index (χ4n) is 1.41. The Hall–Kier alpha value is -2.63. The first-order chi connectivity index (χ1) is 8.69. The van der Waals surface area contributed by atoms with Gasteiger partial charge in [0, 0.05) is 29.7 Å². The van der Waals surface area contributed by atoms with Crippen molar-refractivity contribution in [3.05, 3.63) is 42.2 Å². The summed E-state index contributed by atoms with van der Waals surface area (Å²) in [6, 6.07) is 6.45. The number of anilines is 2. The van der Waals surface area contributed by atoms with Gasteiger partial charge in [0.25, 0.3) is 5.91 Å².